The molecule has 0 heterocycles. The van der Waals surface area contributed by atoms with E-state index in [1.54, 1.807) is 0 Å². The molecule has 0 saturated carbocycles. The molecule has 19 heteroatoms. The normalized spacial score (nSPS) is 14.1. The first-order valence-corrected chi connectivity index (χ1v) is 41.5. The van der Waals surface area contributed by atoms with Crippen LogP contribution < -0.4 is 0 Å². The summed E-state index contributed by atoms with van der Waals surface area (Å²) in [5.41, 5.74) is 0. The molecule has 0 aromatic heterocycles. The molecule has 0 aliphatic heterocycles. The maximum atomic E-state index is 13.1. The molecule has 0 aliphatic carbocycles. The van der Waals surface area contributed by atoms with Crippen LogP contribution in [-0.2, 0) is 65.4 Å². The minimum atomic E-state index is -4.95. The third-order valence-electron chi connectivity index (χ3n) is 17.2. The molecule has 93 heavy (non-hydrogen) atoms. The Hall–Kier alpha value is -1.94. The summed E-state index contributed by atoms with van der Waals surface area (Å²) in [6.45, 7) is 9.49. The van der Waals surface area contributed by atoms with Crippen molar-refractivity contribution in [1.29, 1.82) is 0 Å². The van der Waals surface area contributed by atoms with Gasteiger partial charge in [-0.05, 0) is 37.5 Å². The second-order valence-electron chi connectivity index (χ2n) is 27.6. The fraction of sp³-hybridized carbons (Fsp3) is 0.946. The number of rotatable bonds is 73. The van der Waals surface area contributed by atoms with Crippen LogP contribution in [0.3, 0.4) is 0 Å². The van der Waals surface area contributed by atoms with E-state index in [9.17, 15) is 43.2 Å². The number of carbonyl (C=O) groups excluding carboxylic acids is 4. The number of ether oxygens (including phenoxy) is 4. The van der Waals surface area contributed by atoms with Gasteiger partial charge in [0.1, 0.15) is 19.3 Å². The predicted molar refractivity (Wildman–Crippen MR) is 377 cm³/mol. The molecule has 0 fully saturated rings. The van der Waals surface area contributed by atoms with E-state index in [2.05, 4.69) is 41.5 Å². The van der Waals surface area contributed by atoms with Gasteiger partial charge in [-0.2, -0.15) is 0 Å². The summed E-state index contributed by atoms with van der Waals surface area (Å²) in [4.78, 5) is 72.6. The second kappa shape index (κ2) is 66.0. The zero-order valence-electron chi connectivity index (χ0n) is 60.6. The molecule has 5 atom stereocenters. The fourth-order valence-electron chi connectivity index (χ4n) is 11.3. The number of carbonyl (C=O) groups is 4. The van der Waals surface area contributed by atoms with Gasteiger partial charge >= 0.3 is 39.5 Å². The van der Waals surface area contributed by atoms with Crippen molar-refractivity contribution in [2.24, 2.45) is 11.8 Å². The highest BCUT2D eigenvalue weighted by Crippen LogP contribution is 2.45. The Morgan fingerprint density at radius 3 is 0.731 bits per heavy atom. The number of unbranched alkanes of at least 4 members (excludes halogenated alkanes) is 43. The van der Waals surface area contributed by atoms with Gasteiger partial charge in [0.2, 0.25) is 0 Å². The van der Waals surface area contributed by atoms with Gasteiger partial charge in [0.05, 0.1) is 26.4 Å². The van der Waals surface area contributed by atoms with E-state index < -0.39 is 97.5 Å². The lowest BCUT2D eigenvalue weighted by Crippen LogP contribution is -2.30. The zero-order valence-corrected chi connectivity index (χ0v) is 62.3. The van der Waals surface area contributed by atoms with Crippen LogP contribution in [0.25, 0.3) is 0 Å². The second-order valence-corrected chi connectivity index (χ2v) is 30.5. The summed E-state index contributed by atoms with van der Waals surface area (Å²) >= 11 is 0. The first-order valence-electron chi connectivity index (χ1n) is 38.5. The summed E-state index contributed by atoms with van der Waals surface area (Å²) in [5, 5.41) is 10.6. The number of hydrogen-bond donors (Lipinski definition) is 3. The Morgan fingerprint density at radius 2 is 0.495 bits per heavy atom. The van der Waals surface area contributed by atoms with E-state index in [0.717, 1.165) is 102 Å². The van der Waals surface area contributed by atoms with Gasteiger partial charge in [-0.3, -0.25) is 37.3 Å². The number of esters is 4. The Balaban J connectivity index is 5.17. The van der Waals surface area contributed by atoms with Crippen LogP contribution >= 0.6 is 15.6 Å². The lowest BCUT2D eigenvalue weighted by molar-refractivity contribution is -0.161. The van der Waals surface area contributed by atoms with Gasteiger partial charge in [-0.15, -0.1) is 0 Å². The average Bonchev–Trinajstić information content (AvgIpc) is 3.38. The van der Waals surface area contributed by atoms with Crippen LogP contribution in [0, 0.1) is 11.8 Å². The molecule has 0 radical (unpaired) electrons. The monoisotopic (exact) mass is 1370 g/mol. The molecule has 0 aliphatic rings. The Morgan fingerprint density at radius 1 is 0.290 bits per heavy atom. The number of phosphoric ester groups is 2. The van der Waals surface area contributed by atoms with Crippen LogP contribution in [0.5, 0.6) is 0 Å². The zero-order chi connectivity index (χ0) is 68.6. The summed E-state index contributed by atoms with van der Waals surface area (Å²) in [6, 6.07) is 0. The fourth-order valence-corrected chi connectivity index (χ4v) is 12.9. The highest BCUT2D eigenvalue weighted by Gasteiger charge is 2.30. The maximum absolute atomic E-state index is 13.1. The molecule has 0 aromatic rings. The molecule has 0 rings (SSSR count). The van der Waals surface area contributed by atoms with E-state index in [1.807, 2.05) is 0 Å². The standard InChI is InChI=1S/C74H144O17P2/c1-7-9-11-13-15-17-19-20-21-22-23-24-25-26-27-28-29-31-40-46-52-58-73(78)90-69(63-85-72(77)57-51-45-39-34-32-36-42-48-54-66(3)4)64-88-92(80,81)86-60-68(75)61-87-93(82,83)89-65-70(62-84-71(76)56-50-44-38-30-18-16-14-12-10-8-2)91-74(79)59-53-47-41-35-33-37-43-49-55-67(5)6/h66-70,75H,7-65H2,1-6H3,(H,80,81)(H,82,83)/t68-,69-,70-/m1/s1. The van der Waals surface area contributed by atoms with Crippen LogP contribution in [-0.4, -0.2) is 96.7 Å². The van der Waals surface area contributed by atoms with E-state index >= 15 is 0 Å². The predicted octanol–water partition coefficient (Wildman–Crippen LogP) is 21.6. The first-order chi connectivity index (χ1) is 44.9. The summed E-state index contributed by atoms with van der Waals surface area (Å²) < 4.78 is 68.4. The SMILES string of the molecule is CCCCCCCCCCCCCCCCCCCCCCCC(=O)O[C@H](COC(=O)CCCCCCCCCCC(C)C)COP(=O)(O)OC[C@@H](O)COP(=O)(O)OC[C@@H](COC(=O)CCCCCCCCCCCC)OC(=O)CCCCCCCCCCC(C)C. The van der Waals surface area contributed by atoms with Crippen molar-refractivity contribution in [3.05, 3.63) is 0 Å². The smallest absolute Gasteiger partial charge is 0.462 e. The van der Waals surface area contributed by atoms with Gasteiger partial charge in [-0.25, -0.2) is 9.13 Å². The number of phosphoric acid groups is 2. The van der Waals surface area contributed by atoms with Crippen molar-refractivity contribution < 1.29 is 80.2 Å². The number of hydrogen-bond acceptors (Lipinski definition) is 15. The van der Waals surface area contributed by atoms with Crippen molar-refractivity contribution in [3.8, 4) is 0 Å². The quantitative estimate of drug-likeness (QED) is 0.0222. The van der Waals surface area contributed by atoms with E-state index in [0.29, 0.717) is 25.7 Å². The van der Waals surface area contributed by atoms with E-state index in [-0.39, 0.29) is 25.7 Å². The molecule has 0 spiro atoms. The summed E-state index contributed by atoms with van der Waals surface area (Å²) in [5.74, 6) is -0.678. The van der Waals surface area contributed by atoms with E-state index in [1.165, 1.54) is 199 Å². The molecule has 2 unspecified atom stereocenters. The van der Waals surface area contributed by atoms with Gasteiger partial charge in [-0.1, -0.05) is 330 Å². The highest BCUT2D eigenvalue weighted by molar-refractivity contribution is 7.47. The number of aliphatic hydroxyl groups excluding tert-OH is 1. The molecule has 0 aromatic carbocycles. The third kappa shape index (κ3) is 68.4. The van der Waals surface area contributed by atoms with Crippen molar-refractivity contribution in [2.75, 3.05) is 39.6 Å². The summed E-state index contributed by atoms with van der Waals surface area (Å²) in [6.07, 6.45) is 53.0. The highest BCUT2D eigenvalue weighted by atomic mass is 31.2. The molecular formula is C74H144O17P2. The van der Waals surface area contributed by atoms with Crippen LogP contribution in [0.4, 0.5) is 0 Å². The molecule has 3 N–H and O–H groups in total. The molecule has 552 valence electrons. The first kappa shape index (κ1) is 91.1. The topological polar surface area (TPSA) is 237 Å². The maximum Gasteiger partial charge on any atom is 0.472 e. The Bertz CT molecular complexity index is 1800. The summed E-state index contributed by atoms with van der Waals surface area (Å²) in [7, 11) is -9.90. The number of aliphatic hydroxyl groups is 1. The largest absolute Gasteiger partial charge is 0.472 e. The third-order valence-corrected chi connectivity index (χ3v) is 19.1. The van der Waals surface area contributed by atoms with Gasteiger partial charge in [0, 0.05) is 25.7 Å². The van der Waals surface area contributed by atoms with Crippen molar-refractivity contribution in [1.82, 2.24) is 0 Å². The minimum Gasteiger partial charge on any atom is -0.462 e. The average molecular weight is 1370 g/mol. The molecule has 0 bridgehead atoms. The molecule has 0 amide bonds. The van der Waals surface area contributed by atoms with Crippen LogP contribution in [0.1, 0.15) is 382 Å². The van der Waals surface area contributed by atoms with Crippen molar-refractivity contribution in [2.45, 2.75) is 400 Å². The van der Waals surface area contributed by atoms with E-state index in [4.69, 9.17) is 37.0 Å². The minimum absolute atomic E-state index is 0.105. The Labute approximate surface area is 568 Å². The molecular weight excluding hydrogens is 1220 g/mol. The Kier molecular flexibility index (Phi) is 64.6. The van der Waals surface area contributed by atoms with Gasteiger partial charge in [0.15, 0.2) is 12.2 Å². The van der Waals surface area contributed by atoms with Gasteiger partial charge < -0.3 is 33.8 Å². The molecule has 17 nitrogen and oxygen atoms in total. The lowest BCUT2D eigenvalue weighted by atomic mass is 10.0. The van der Waals surface area contributed by atoms with Crippen molar-refractivity contribution in [3.63, 3.8) is 0 Å². The van der Waals surface area contributed by atoms with Crippen molar-refractivity contribution >= 4 is 39.5 Å². The van der Waals surface area contributed by atoms with Gasteiger partial charge in [0.25, 0.3) is 0 Å². The molecule has 0 saturated heterocycles. The van der Waals surface area contributed by atoms with Crippen LogP contribution in [0.15, 0.2) is 0 Å². The van der Waals surface area contributed by atoms with Crippen LogP contribution in [0.2, 0.25) is 0 Å². The lowest BCUT2D eigenvalue weighted by Gasteiger charge is -2.21.